The van der Waals surface area contributed by atoms with Crippen LogP contribution in [-0.4, -0.2) is 22.2 Å². The van der Waals surface area contributed by atoms with Crippen molar-refractivity contribution >= 4 is 11.9 Å². The first-order chi connectivity index (χ1) is 6.02. The summed E-state index contributed by atoms with van der Waals surface area (Å²) in [4.78, 5) is 21.3. The highest BCUT2D eigenvalue weighted by atomic mass is 16.4. The molecule has 0 saturated carbocycles. The lowest BCUT2D eigenvalue weighted by Crippen LogP contribution is -2.30. The van der Waals surface area contributed by atoms with E-state index in [1.807, 2.05) is 0 Å². The van der Waals surface area contributed by atoms with E-state index < -0.39 is 23.8 Å². The molecule has 4 nitrogen and oxygen atoms in total. The molecule has 0 bridgehead atoms. The fraction of sp³-hybridized carbons (Fsp3) is 0.333. The van der Waals surface area contributed by atoms with Gasteiger partial charge in [0.05, 0.1) is 11.8 Å². The molecule has 0 heterocycles. The lowest BCUT2D eigenvalue weighted by Gasteiger charge is -2.21. The number of aliphatic carboxylic acids is 2. The summed E-state index contributed by atoms with van der Waals surface area (Å²) in [6.07, 6.45) is 3.16. The van der Waals surface area contributed by atoms with Gasteiger partial charge in [-0.25, -0.2) is 0 Å². The van der Waals surface area contributed by atoms with Crippen molar-refractivity contribution in [3.05, 3.63) is 24.3 Å². The van der Waals surface area contributed by atoms with E-state index in [1.54, 1.807) is 6.08 Å². The van der Waals surface area contributed by atoms with Gasteiger partial charge in [0.25, 0.3) is 0 Å². The fourth-order valence-corrected chi connectivity index (χ4v) is 1.35. The standard InChI is InChI=1S/C9H10O4/c1-5-2-3-6(8(10)11)7(4-5)9(12)13/h2-3,6-7H,1,4H2,(H,10,11)(H,12,13). The molecule has 4 heteroatoms. The SMILES string of the molecule is C=C1C=CC(C(=O)O)C(C(=O)O)C1. The minimum atomic E-state index is -1.10. The molecule has 0 spiro atoms. The highest BCUT2D eigenvalue weighted by Crippen LogP contribution is 2.27. The molecule has 0 aromatic carbocycles. The highest BCUT2D eigenvalue weighted by molar-refractivity contribution is 5.82. The molecule has 0 aromatic rings. The van der Waals surface area contributed by atoms with Crippen LogP contribution in [0.3, 0.4) is 0 Å². The molecule has 0 saturated heterocycles. The minimum absolute atomic E-state index is 0.211. The van der Waals surface area contributed by atoms with Crippen LogP contribution in [0.5, 0.6) is 0 Å². The van der Waals surface area contributed by atoms with Gasteiger partial charge in [0.1, 0.15) is 0 Å². The predicted molar refractivity (Wildman–Crippen MR) is 45.1 cm³/mol. The Bertz CT molecular complexity index is 290. The Morgan fingerprint density at radius 1 is 1.38 bits per heavy atom. The van der Waals surface area contributed by atoms with Crippen molar-refractivity contribution < 1.29 is 19.8 Å². The van der Waals surface area contributed by atoms with Gasteiger partial charge in [-0.1, -0.05) is 24.3 Å². The van der Waals surface area contributed by atoms with Gasteiger partial charge in [-0.15, -0.1) is 0 Å². The maximum absolute atomic E-state index is 10.7. The maximum atomic E-state index is 10.7. The first-order valence-electron chi connectivity index (χ1n) is 3.84. The second-order valence-corrected chi connectivity index (χ2v) is 3.03. The van der Waals surface area contributed by atoms with E-state index in [-0.39, 0.29) is 6.42 Å². The number of carboxylic acids is 2. The van der Waals surface area contributed by atoms with E-state index in [1.165, 1.54) is 6.08 Å². The van der Waals surface area contributed by atoms with Crippen LogP contribution in [0.15, 0.2) is 24.3 Å². The summed E-state index contributed by atoms with van der Waals surface area (Å²) in [6.45, 7) is 3.60. The van der Waals surface area contributed by atoms with Crippen molar-refractivity contribution in [1.29, 1.82) is 0 Å². The van der Waals surface area contributed by atoms with Crippen molar-refractivity contribution in [1.82, 2.24) is 0 Å². The third-order valence-electron chi connectivity index (χ3n) is 2.06. The quantitative estimate of drug-likeness (QED) is 0.665. The Labute approximate surface area is 75.2 Å². The second kappa shape index (κ2) is 3.43. The Morgan fingerprint density at radius 3 is 2.46 bits per heavy atom. The molecule has 1 rings (SSSR count). The number of allylic oxidation sites excluding steroid dienone is 2. The molecule has 0 amide bonds. The fourth-order valence-electron chi connectivity index (χ4n) is 1.35. The highest BCUT2D eigenvalue weighted by Gasteiger charge is 2.33. The average Bonchev–Trinajstić information content (AvgIpc) is 2.03. The van der Waals surface area contributed by atoms with E-state index in [0.717, 1.165) is 0 Å². The van der Waals surface area contributed by atoms with Crippen LogP contribution >= 0.6 is 0 Å². The van der Waals surface area contributed by atoms with E-state index >= 15 is 0 Å². The molecule has 0 radical (unpaired) electrons. The summed E-state index contributed by atoms with van der Waals surface area (Å²) in [5.74, 6) is -3.99. The maximum Gasteiger partial charge on any atom is 0.311 e. The second-order valence-electron chi connectivity index (χ2n) is 3.03. The van der Waals surface area contributed by atoms with Crippen molar-refractivity contribution in [3.63, 3.8) is 0 Å². The van der Waals surface area contributed by atoms with Crippen molar-refractivity contribution in [2.45, 2.75) is 6.42 Å². The van der Waals surface area contributed by atoms with Crippen LogP contribution in [0, 0.1) is 11.8 Å². The average molecular weight is 182 g/mol. The zero-order chi connectivity index (χ0) is 10.0. The molecule has 2 unspecified atom stereocenters. The molecule has 1 aliphatic rings. The summed E-state index contributed by atoms with van der Waals surface area (Å²) in [5, 5.41) is 17.4. The predicted octanol–water partition coefficient (Wildman–Crippen LogP) is 0.904. The molecule has 70 valence electrons. The largest absolute Gasteiger partial charge is 0.481 e. The van der Waals surface area contributed by atoms with Gasteiger partial charge in [0.2, 0.25) is 0 Å². The van der Waals surface area contributed by atoms with E-state index in [0.29, 0.717) is 5.57 Å². The number of carboxylic acid groups (broad SMARTS) is 2. The van der Waals surface area contributed by atoms with Gasteiger partial charge in [-0.05, 0) is 6.42 Å². The Morgan fingerprint density at radius 2 is 2.00 bits per heavy atom. The monoisotopic (exact) mass is 182 g/mol. The molecule has 2 N–H and O–H groups in total. The van der Waals surface area contributed by atoms with E-state index in [9.17, 15) is 9.59 Å². The third kappa shape index (κ3) is 1.96. The van der Waals surface area contributed by atoms with Crippen LogP contribution in [0.4, 0.5) is 0 Å². The summed E-state index contributed by atoms with van der Waals surface area (Å²) in [5.41, 5.74) is 0.657. The zero-order valence-corrected chi connectivity index (χ0v) is 6.93. The number of hydrogen-bond acceptors (Lipinski definition) is 2. The first-order valence-corrected chi connectivity index (χ1v) is 3.84. The van der Waals surface area contributed by atoms with Gasteiger partial charge in [-0.3, -0.25) is 9.59 Å². The minimum Gasteiger partial charge on any atom is -0.481 e. The number of rotatable bonds is 2. The normalized spacial score (nSPS) is 27.2. The van der Waals surface area contributed by atoms with Crippen LogP contribution in [0.2, 0.25) is 0 Å². The van der Waals surface area contributed by atoms with Gasteiger partial charge in [0.15, 0.2) is 0 Å². The summed E-state index contributed by atoms with van der Waals surface area (Å²) in [7, 11) is 0. The smallest absolute Gasteiger partial charge is 0.311 e. The first kappa shape index (κ1) is 9.51. The molecule has 0 fully saturated rings. The number of hydrogen-bond donors (Lipinski definition) is 2. The summed E-state index contributed by atoms with van der Waals surface area (Å²) < 4.78 is 0. The Balaban J connectivity index is 2.91. The van der Waals surface area contributed by atoms with Gasteiger partial charge >= 0.3 is 11.9 Å². The lowest BCUT2D eigenvalue weighted by molar-refractivity contribution is -0.151. The van der Waals surface area contributed by atoms with Crippen molar-refractivity contribution in [3.8, 4) is 0 Å². The molecule has 0 aliphatic heterocycles. The molecular formula is C9H10O4. The van der Waals surface area contributed by atoms with Crippen LogP contribution in [0.25, 0.3) is 0 Å². The van der Waals surface area contributed by atoms with Gasteiger partial charge in [0, 0.05) is 0 Å². The Kier molecular flexibility index (Phi) is 2.51. The molecule has 0 aromatic heterocycles. The Hall–Kier alpha value is -1.58. The number of carbonyl (C=O) groups is 2. The summed E-state index contributed by atoms with van der Waals surface area (Å²) in [6, 6.07) is 0. The van der Waals surface area contributed by atoms with Crippen LogP contribution in [0.1, 0.15) is 6.42 Å². The van der Waals surface area contributed by atoms with Crippen LogP contribution in [-0.2, 0) is 9.59 Å². The molecule has 2 atom stereocenters. The van der Waals surface area contributed by atoms with Crippen LogP contribution < -0.4 is 0 Å². The third-order valence-corrected chi connectivity index (χ3v) is 2.06. The lowest BCUT2D eigenvalue weighted by atomic mass is 9.82. The molecule has 13 heavy (non-hydrogen) atoms. The molecular weight excluding hydrogens is 172 g/mol. The van der Waals surface area contributed by atoms with E-state index in [4.69, 9.17) is 10.2 Å². The molecule has 1 aliphatic carbocycles. The van der Waals surface area contributed by atoms with Gasteiger partial charge < -0.3 is 10.2 Å². The van der Waals surface area contributed by atoms with Crippen molar-refractivity contribution in [2.24, 2.45) is 11.8 Å². The van der Waals surface area contributed by atoms with Gasteiger partial charge in [-0.2, -0.15) is 0 Å². The van der Waals surface area contributed by atoms with E-state index in [2.05, 4.69) is 6.58 Å². The topological polar surface area (TPSA) is 74.6 Å². The summed E-state index contributed by atoms with van der Waals surface area (Å²) >= 11 is 0. The zero-order valence-electron chi connectivity index (χ0n) is 6.93. The van der Waals surface area contributed by atoms with Crippen molar-refractivity contribution in [2.75, 3.05) is 0 Å².